The van der Waals surface area contributed by atoms with Gasteiger partial charge in [-0.25, -0.2) is 0 Å². The van der Waals surface area contributed by atoms with E-state index < -0.39 is 0 Å². The van der Waals surface area contributed by atoms with Crippen molar-refractivity contribution in [1.82, 2.24) is 5.32 Å². The Labute approximate surface area is 136 Å². The Bertz CT molecular complexity index is 620. The topological polar surface area (TPSA) is 56.8 Å². The number of carbonyl (C=O) groups is 1. The summed E-state index contributed by atoms with van der Waals surface area (Å²) in [5.41, 5.74) is 1.05. The highest BCUT2D eigenvalue weighted by molar-refractivity contribution is 5.78. The molecule has 1 N–H and O–H groups in total. The van der Waals surface area contributed by atoms with E-state index in [-0.39, 0.29) is 18.6 Å². The molecule has 0 saturated heterocycles. The third-order valence-electron chi connectivity index (χ3n) is 3.37. The number of methoxy groups -OCH3 is 2. The van der Waals surface area contributed by atoms with Gasteiger partial charge in [-0.05, 0) is 12.5 Å². The number of benzene rings is 2. The molecule has 1 unspecified atom stereocenters. The molecule has 0 aromatic heterocycles. The average Bonchev–Trinajstić information content (AvgIpc) is 2.60. The largest absolute Gasteiger partial charge is 0.496 e. The number of ether oxygens (including phenoxy) is 3. The van der Waals surface area contributed by atoms with Gasteiger partial charge in [-0.15, -0.1) is 0 Å². The van der Waals surface area contributed by atoms with Crippen LogP contribution in [-0.2, 0) is 4.79 Å². The molecule has 0 spiro atoms. The van der Waals surface area contributed by atoms with Crippen molar-refractivity contribution in [1.29, 1.82) is 0 Å². The third-order valence-corrected chi connectivity index (χ3v) is 3.37. The molecule has 0 aliphatic rings. The number of hydrogen-bond donors (Lipinski definition) is 1. The van der Waals surface area contributed by atoms with E-state index in [0.29, 0.717) is 17.2 Å². The molecule has 122 valence electrons. The minimum atomic E-state index is -0.192. The first-order valence-corrected chi connectivity index (χ1v) is 7.32. The van der Waals surface area contributed by atoms with Gasteiger partial charge < -0.3 is 19.5 Å². The van der Waals surface area contributed by atoms with Crippen LogP contribution < -0.4 is 19.5 Å². The average molecular weight is 315 g/mol. The van der Waals surface area contributed by atoms with E-state index in [2.05, 4.69) is 5.32 Å². The summed E-state index contributed by atoms with van der Waals surface area (Å²) in [5.74, 6) is 1.54. The van der Waals surface area contributed by atoms with Gasteiger partial charge in [0.05, 0.1) is 20.3 Å². The van der Waals surface area contributed by atoms with Crippen molar-refractivity contribution in [2.24, 2.45) is 0 Å². The molecule has 1 amide bonds. The van der Waals surface area contributed by atoms with Crippen LogP contribution in [-0.4, -0.2) is 26.7 Å². The first kappa shape index (κ1) is 16.7. The Hall–Kier alpha value is -2.69. The summed E-state index contributed by atoms with van der Waals surface area (Å²) in [6, 6.07) is 14.8. The van der Waals surface area contributed by atoms with Gasteiger partial charge in [-0.3, -0.25) is 4.79 Å². The molecule has 23 heavy (non-hydrogen) atoms. The molecule has 5 nitrogen and oxygen atoms in total. The molecule has 0 bridgehead atoms. The van der Waals surface area contributed by atoms with E-state index in [0.717, 1.165) is 5.56 Å². The monoisotopic (exact) mass is 315 g/mol. The molecule has 0 saturated carbocycles. The molecular weight excluding hydrogens is 294 g/mol. The number of hydrogen-bond acceptors (Lipinski definition) is 4. The van der Waals surface area contributed by atoms with E-state index in [1.807, 2.05) is 37.3 Å². The van der Waals surface area contributed by atoms with Gasteiger partial charge in [-0.1, -0.05) is 30.3 Å². The van der Waals surface area contributed by atoms with Crippen LogP contribution in [0, 0.1) is 0 Å². The molecule has 2 aromatic carbocycles. The van der Waals surface area contributed by atoms with Crippen LogP contribution in [0.15, 0.2) is 48.5 Å². The number of carbonyl (C=O) groups excluding carboxylic acids is 1. The van der Waals surface area contributed by atoms with Crippen LogP contribution in [0.1, 0.15) is 18.5 Å². The molecule has 1 atom stereocenters. The highest BCUT2D eigenvalue weighted by Gasteiger charge is 2.10. The van der Waals surface area contributed by atoms with E-state index in [1.165, 1.54) is 0 Å². The van der Waals surface area contributed by atoms with Gasteiger partial charge in [0.1, 0.15) is 17.2 Å². The predicted molar refractivity (Wildman–Crippen MR) is 88.0 cm³/mol. The van der Waals surface area contributed by atoms with Crippen molar-refractivity contribution in [3.8, 4) is 17.2 Å². The zero-order chi connectivity index (χ0) is 16.7. The molecule has 0 radical (unpaired) electrons. The minimum Gasteiger partial charge on any atom is -0.496 e. The van der Waals surface area contributed by atoms with Crippen molar-refractivity contribution in [3.63, 3.8) is 0 Å². The predicted octanol–water partition coefficient (Wildman–Crippen LogP) is 2.96. The van der Waals surface area contributed by atoms with Gasteiger partial charge >= 0.3 is 0 Å². The maximum Gasteiger partial charge on any atom is 0.258 e. The van der Waals surface area contributed by atoms with E-state index in [4.69, 9.17) is 14.2 Å². The summed E-state index contributed by atoms with van der Waals surface area (Å²) < 4.78 is 15.8. The lowest BCUT2D eigenvalue weighted by Gasteiger charge is -2.15. The number of rotatable bonds is 7. The summed E-state index contributed by atoms with van der Waals surface area (Å²) in [7, 11) is 3.12. The van der Waals surface area contributed by atoms with Crippen LogP contribution in [0.4, 0.5) is 0 Å². The number of nitrogens with one attached hydrogen (secondary N) is 1. The smallest absolute Gasteiger partial charge is 0.258 e. The summed E-state index contributed by atoms with van der Waals surface area (Å²) in [6.07, 6.45) is 0. The Kier molecular flexibility index (Phi) is 5.86. The van der Waals surface area contributed by atoms with E-state index in [9.17, 15) is 4.79 Å². The lowest BCUT2D eigenvalue weighted by molar-refractivity contribution is -0.123. The van der Waals surface area contributed by atoms with Crippen LogP contribution in [0.25, 0.3) is 0 Å². The molecule has 0 heterocycles. The normalized spacial score (nSPS) is 11.4. The highest BCUT2D eigenvalue weighted by atomic mass is 16.5. The van der Waals surface area contributed by atoms with E-state index >= 15 is 0 Å². The second-order valence-corrected chi connectivity index (χ2v) is 5.04. The van der Waals surface area contributed by atoms with Gasteiger partial charge in [0.2, 0.25) is 0 Å². The van der Waals surface area contributed by atoms with Crippen molar-refractivity contribution >= 4 is 5.91 Å². The van der Waals surface area contributed by atoms with Gasteiger partial charge in [0.15, 0.2) is 6.61 Å². The summed E-state index contributed by atoms with van der Waals surface area (Å²) >= 11 is 0. The lowest BCUT2D eigenvalue weighted by atomic mass is 10.1. The van der Waals surface area contributed by atoms with Crippen LogP contribution >= 0.6 is 0 Å². The minimum absolute atomic E-state index is 0.0759. The molecule has 0 fully saturated rings. The summed E-state index contributed by atoms with van der Waals surface area (Å²) in [6.45, 7) is 1.86. The van der Waals surface area contributed by atoms with Crippen molar-refractivity contribution in [2.75, 3.05) is 20.8 Å². The van der Waals surface area contributed by atoms with E-state index in [1.54, 1.807) is 32.4 Å². The first-order chi connectivity index (χ1) is 11.1. The molecule has 0 aliphatic carbocycles. The van der Waals surface area contributed by atoms with Crippen molar-refractivity contribution < 1.29 is 19.0 Å². The zero-order valence-corrected chi connectivity index (χ0v) is 13.5. The van der Waals surface area contributed by atoms with Crippen molar-refractivity contribution in [2.45, 2.75) is 13.0 Å². The highest BCUT2D eigenvalue weighted by Crippen LogP contribution is 2.27. The SMILES string of the molecule is COc1cc(OC)cc(OCC(=O)NC(C)c2ccccc2)c1. The third kappa shape index (κ3) is 4.92. The second kappa shape index (κ2) is 8.08. The summed E-state index contributed by atoms with van der Waals surface area (Å²) in [5, 5.41) is 2.90. The fourth-order valence-electron chi connectivity index (χ4n) is 2.12. The standard InChI is InChI=1S/C18H21NO4/c1-13(14-7-5-4-6-8-14)19-18(20)12-23-17-10-15(21-2)9-16(11-17)22-3/h4-11,13H,12H2,1-3H3,(H,19,20). The molecule has 2 rings (SSSR count). The van der Waals surface area contributed by atoms with Gasteiger partial charge in [0.25, 0.3) is 5.91 Å². The lowest BCUT2D eigenvalue weighted by Crippen LogP contribution is -2.31. The van der Waals surface area contributed by atoms with Crippen LogP contribution in [0.3, 0.4) is 0 Å². The summed E-state index contributed by atoms with van der Waals surface area (Å²) in [4.78, 5) is 12.0. The Morgan fingerprint density at radius 3 is 2.13 bits per heavy atom. The maximum atomic E-state index is 12.0. The Morgan fingerprint density at radius 1 is 1.00 bits per heavy atom. The zero-order valence-electron chi connectivity index (χ0n) is 13.5. The van der Waals surface area contributed by atoms with Gasteiger partial charge in [0, 0.05) is 18.2 Å². The molecular formula is C18H21NO4. The quantitative estimate of drug-likeness (QED) is 0.853. The Morgan fingerprint density at radius 2 is 1.57 bits per heavy atom. The fraction of sp³-hybridized carbons (Fsp3) is 0.278. The first-order valence-electron chi connectivity index (χ1n) is 7.32. The second-order valence-electron chi connectivity index (χ2n) is 5.04. The van der Waals surface area contributed by atoms with Crippen LogP contribution in [0.5, 0.6) is 17.2 Å². The molecule has 0 aliphatic heterocycles. The van der Waals surface area contributed by atoms with Crippen LogP contribution in [0.2, 0.25) is 0 Å². The Balaban J connectivity index is 1.91. The van der Waals surface area contributed by atoms with Gasteiger partial charge in [-0.2, -0.15) is 0 Å². The molecule has 5 heteroatoms. The molecule has 2 aromatic rings. The maximum absolute atomic E-state index is 12.0. The number of amides is 1. The fourth-order valence-corrected chi connectivity index (χ4v) is 2.12. The van der Waals surface area contributed by atoms with Crippen molar-refractivity contribution in [3.05, 3.63) is 54.1 Å².